The van der Waals surface area contributed by atoms with Crippen LogP contribution in [-0.2, 0) is 6.54 Å². The lowest BCUT2D eigenvalue weighted by Crippen LogP contribution is -2.17. The van der Waals surface area contributed by atoms with E-state index >= 15 is 0 Å². The average molecular weight is 190 g/mol. The Hall–Kier alpha value is -1.48. The van der Waals surface area contributed by atoms with Crippen LogP contribution in [0.15, 0.2) is 42.1 Å². The fourth-order valence-electron chi connectivity index (χ4n) is 1.31. The van der Waals surface area contributed by atoms with Crippen molar-refractivity contribution in [2.24, 2.45) is 5.18 Å². The monoisotopic (exact) mass is 190 g/mol. The molecular weight excluding hydrogens is 176 g/mol. The zero-order chi connectivity index (χ0) is 10.4. The minimum atomic E-state index is 0.481. The predicted octanol–water partition coefficient (Wildman–Crippen LogP) is 2.70. The van der Waals surface area contributed by atoms with E-state index in [1.54, 1.807) is 12.1 Å². The highest BCUT2D eigenvalue weighted by atomic mass is 16.3. The molecule has 0 spiro atoms. The van der Waals surface area contributed by atoms with Gasteiger partial charge in [0.25, 0.3) is 0 Å². The van der Waals surface area contributed by atoms with E-state index in [9.17, 15) is 4.91 Å². The summed E-state index contributed by atoms with van der Waals surface area (Å²) in [4.78, 5) is 12.4. The highest BCUT2D eigenvalue weighted by Crippen LogP contribution is 2.14. The van der Waals surface area contributed by atoms with Crippen molar-refractivity contribution >= 4 is 5.69 Å². The smallest absolute Gasteiger partial charge is 0.108 e. The van der Waals surface area contributed by atoms with Crippen LogP contribution >= 0.6 is 0 Å². The minimum absolute atomic E-state index is 0.481. The van der Waals surface area contributed by atoms with Gasteiger partial charge in [-0.15, -0.1) is 11.5 Å². The van der Waals surface area contributed by atoms with Gasteiger partial charge in [0.05, 0.1) is 0 Å². The molecule has 0 radical (unpaired) electrons. The number of hydrogen-bond donors (Lipinski definition) is 0. The Kier molecular flexibility index (Phi) is 4.01. The number of likely N-dealkylation sites (N-methyl/N-ethyl adjacent to an activating group) is 1. The van der Waals surface area contributed by atoms with Gasteiger partial charge in [0.1, 0.15) is 5.69 Å². The van der Waals surface area contributed by atoms with Gasteiger partial charge in [-0.1, -0.05) is 18.2 Å². The van der Waals surface area contributed by atoms with Crippen LogP contribution in [0, 0.1) is 4.91 Å². The van der Waals surface area contributed by atoms with E-state index in [4.69, 9.17) is 0 Å². The summed E-state index contributed by atoms with van der Waals surface area (Å²) >= 11 is 0. The Morgan fingerprint density at radius 3 is 3.00 bits per heavy atom. The second kappa shape index (κ2) is 5.29. The summed E-state index contributed by atoms with van der Waals surface area (Å²) in [5.41, 5.74) is 1.57. The summed E-state index contributed by atoms with van der Waals surface area (Å²) in [7, 11) is 2.00. The lowest BCUT2D eigenvalue weighted by molar-refractivity contribution is 0.364. The van der Waals surface area contributed by atoms with Crippen LogP contribution in [0.4, 0.5) is 5.69 Å². The first-order valence-electron chi connectivity index (χ1n) is 4.48. The molecule has 0 bridgehead atoms. The van der Waals surface area contributed by atoms with Gasteiger partial charge in [0, 0.05) is 13.1 Å². The first-order valence-corrected chi connectivity index (χ1v) is 4.48. The molecule has 0 N–H and O–H groups in total. The van der Waals surface area contributed by atoms with Crippen LogP contribution in [0.3, 0.4) is 0 Å². The SMILES string of the molecule is C=CCN(C)Cc1cccc(N=O)c1. The van der Waals surface area contributed by atoms with Gasteiger partial charge in [-0.05, 0) is 29.9 Å². The highest BCUT2D eigenvalue weighted by molar-refractivity contribution is 5.39. The maximum Gasteiger partial charge on any atom is 0.108 e. The van der Waals surface area contributed by atoms with Crippen LogP contribution < -0.4 is 0 Å². The third-order valence-electron chi connectivity index (χ3n) is 1.91. The minimum Gasteiger partial charge on any atom is -0.298 e. The summed E-state index contributed by atoms with van der Waals surface area (Å²) in [6.07, 6.45) is 1.85. The van der Waals surface area contributed by atoms with E-state index < -0.39 is 0 Å². The molecule has 74 valence electrons. The van der Waals surface area contributed by atoms with Crippen LogP contribution in [0.25, 0.3) is 0 Å². The van der Waals surface area contributed by atoms with E-state index in [0.717, 1.165) is 18.7 Å². The van der Waals surface area contributed by atoms with Crippen molar-refractivity contribution in [3.63, 3.8) is 0 Å². The third kappa shape index (κ3) is 3.11. The Morgan fingerprint density at radius 2 is 2.36 bits per heavy atom. The third-order valence-corrected chi connectivity index (χ3v) is 1.91. The second-order valence-corrected chi connectivity index (χ2v) is 3.25. The molecule has 1 rings (SSSR count). The van der Waals surface area contributed by atoms with E-state index in [-0.39, 0.29) is 0 Å². The maximum atomic E-state index is 10.3. The molecule has 1 aromatic rings. The van der Waals surface area contributed by atoms with Crippen molar-refractivity contribution in [3.05, 3.63) is 47.4 Å². The van der Waals surface area contributed by atoms with Crippen molar-refractivity contribution in [2.45, 2.75) is 6.54 Å². The van der Waals surface area contributed by atoms with Gasteiger partial charge in [-0.3, -0.25) is 4.90 Å². The predicted molar refractivity (Wildman–Crippen MR) is 58.4 cm³/mol. The first-order chi connectivity index (χ1) is 6.76. The molecule has 0 aliphatic carbocycles. The van der Waals surface area contributed by atoms with E-state index in [1.165, 1.54) is 0 Å². The topological polar surface area (TPSA) is 32.7 Å². The lowest BCUT2D eigenvalue weighted by atomic mass is 10.2. The van der Waals surface area contributed by atoms with Crippen molar-refractivity contribution in [1.82, 2.24) is 4.90 Å². The summed E-state index contributed by atoms with van der Waals surface area (Å²) < 4.78 is 0. The van der Waals surface area contributed by atoms with Gasteiger partial charge in [0.15, 0.2) is 0 Å². The normalized spacial score (nSPS) is 10.1. The Morgan fingerprint density at radius 1 is 1.57 bits per heavy atom. The van der Waals surface area contributed by atoms with Crippen molar-refractivity contribution in [3.8, 4) is 0 Å². The van der Waals surface area contributed by atoms with Gasteiger partial charge in [0.2, 0.25) is 0 Å². The number of hydrogen-bond acceptors (Lipinski definition) is 3. The van der Waals surface area contributed by atoms with Gasteiger partial charge in [-0.2, -0.15) is 0 Å². The number of nitrogens with zero attached hydrogens (tertiary/aromatic N) is 2. The Bertz CT molecular complexity index is 323. The molecule has 1 aromatic carbocycles. The molecule has 0 saturated carbocycles. The summed E-state index contributed by atoms with van der Waals surface area (Å²) in [6, 6.07) is 7.32. The quantitative estimate of drug-likeness (QED) is 0.528. The van der Waals surface area contributed by atoms with E-state index in [1.807, 2.05) is 25.3 Å². The summed E-state index contributed by atoms with van der Waals surface area (Å²) in [5, 5.41) is 2.90. The molecule has 0 amide bonds. The van der Waals surface area contributed by atoms with Crippen molar-refractivity contribution < 1.29 is 0 Å². The zero-order valence-electron chi connectivity index (χ0n) is 8.31. The first kappa shape index (κ1) is 10.6. The molecular formula is C11H14N2O. The molecule has 0 unspecified atom stereocenters. The molecule has 0 aliphatic heterocycles. The molecule has 3 nitrogen and oxygen atoms in total. The zero-order valence-corrected chi connectivity index (χ0v) is 8.31. The van der Waals surface area contributed by atoms with E-state index in [2.05, 4.69) is 16.7 Å². The molecule has 0 heterocycles. The molecule has 0 fully saturated rings. The van der Waals surface area contributed by atoms with E-state index in [0.29, 0.717) is 5.69 Å². The molecule has 0 aromatic heterocycles. The highest BCUT2D eigenvalue weighted by Gasteiger charge is 1.99. The van der Waals surface area contributed by atoms with Gasteiger partial charge >= 0.3 is 0 Å². The lowest BCUT2D eigenvalue weighted by Gasteiger charge is -2.13. The number of rotatable bonds is 5. The van der Waals surface area contributed by atoms with Crippen LogP contribution in [-0.4, -0.2) is 18.5 Å². The number of nitroso groups, excluding NO2 is 1. The molecule has 0 atom stereocenters. The standard InChI is InChI=1S/C11H14N2O/c1-3-7-13(2)9-10-5-4-6-11(8-10)12-14/h3-6,8H,1,7,9H2,2H3. The van der Waals surface area contributed by atoms with Crippen LogP contribution in [0.1, 0.15) is 5.56 Å². The second-order valence-electron chi connectivity index (χ2n) is 3.25. The number of benzene rings is 1. The van der Waals surface area contributed by atoms with Crippen LogP contribution in [0.2, 0.25) is 0 Å². The van der Waals surface area contributed by atoms with Crippen LogP contribution in [0.5, 0.6) is 0 Å². The fourth-order valence-corrected chi connectivity index (χ4v) is 1.31. The van der Waals surface area contributed by atoms with Gasteiger partial charge < -0.3 is 0 Å². The maximum absolute atomic E-state index is 10.3. The molecule has 0 aliphatic rings. The molecule has 3 heteroatoms. The summed E-state index contributed by atoms with van der Waals surface area (Å²) in [5.74, 6) is 0. The van der Waals surface area contributed by atoms with Gasteiger partial charge in [-0.25, -0.2) is 0 Å². The Labute approximate surface area is 84.0 Å². The molecule has 0 saturated heterocycles. The Balaban J connectivity index is 2.66. The van der Waals surface area contributed by atoms with Crippen molar-refractivity contribution in [1.29, 1.82) is 0 Å². The molecule has 14 heavy (non-hydrogen) atoms. The largest absolute Gasteiger partial charge is 0.298 e. The van der Waals surface area contributed by atoms with Crippen molar-refractivity contribution in [2.75, 3.05) is 13.6 Å². The fraction of sp³-hybridized carbons (Fsp3) is 0.273. The average Bonchev–Trinajstić information content (AvgIpc) is 2.18. The summed E-state index contributed by atoms with van der Waals surface area (Å²) in [6.45, 7) is 5.30.